The molecule has 0 bridgehead atoms. The third-order valence-corrected chi connectivity index (χ3v) is 17.8. The van der Waals surface area contributed by atoms with Crippen LogP contribution in [0.5, 0.6) is 0 Å². The van der Waals surface area contributed by atoms with Crippen LogP contribution in [0.2, 0.25) is 0 Å². The second-order valence-electron chi connectivity index (χ2n) is 24.6. The molecule has 0 amide bonds. The molecule has 17 aromatic rings. The largest absolute Gasteiger partial charge is 0.416 e. The number of pyridine rings is 2. The smallest absolute Gasteiger partial charge is 0.304 e. The molecule has 18 rings (SSSR count). The van der Waals surface area contributed by atoms with Crippen LogP contribution in [0.3, 0.4) is 0 Å². The number of fused-ring (bicyclic) bond motifs is 6. The van der Waals surface area contributed by atoms with Crippen LogP contribution in [-0.4, -0.2) is 35.2 Å². The summed E-state index contributed by atoms with van der Waals surface area (Å²) in [6.07, 6.45) is -5.35. The molecule has 5 heterocycles. The zero-order chi connectivity index (χ0) is 71.8. The van der Waals surface area contributed by atoms with Gasteiger partial charge in [0.1, 0.15) is 0 Å². The van der Waals surface area contributed by atoms with Gasteiger partial charge in [0.2, 0.25) is 0 Å². The fraction of sp³-hybridized carbons (Fsp3) is 0.0556. The van der Waals surface area contributed by atoms with Gasteiger partial charge in [-0.1, -0.05) is 183 Å². The maximum absolute atomic E-state index is 13.1. The summed E-state index contributed by atoms with van der Waals surface area (Å²) in [6.45, 7) is 4.34. The van der Waals surface area contributed by atoms with Gasteiger partial charge < -0.3 is 4.98 Å². The van der Waals surface area contributed by atoms with Crippen molar-refractivity contribution >= 4 is 65.7 Å². The first kappa shape index (κ1) is 83.3. The van der Waals surface area contributed by atoms with Gasteiger partial charge in [0.05, 0.1) is 39.7 Å². The number of benzene rings is 13. The van der Waals surface area contributed by atoms with Gasteiger partial charge in [-0.25, -0.2) is 9.78 Å². The van der Waals surface area contributed by atoms with Crippen molar-refractivity contribution in [3.8, 4) is 45.1 Å². The summed E-state index contributed by atoms with van der Waals surface area (Å²) < 4.78 is 93.6. The Labute approximate surface area is 693 Å². The standard InChI is InChI=1S/C25H18N.C21H11F6N2.C16H12N.C15H10N.C13H8FN2.5Ir/c1-25(21-11-3-2-4-12-21)22-13-7-8-14-23(22)26-24(25)20-16-15-18-9-5-6-10-19(18)17-20;22-20(23,24)14-8-10-16(11-9-14)29-18-7-2-1-6-17(18)19(28-29)13-4-3-5-15(12-13)21(25,26)27;1-12-6-8-14(9-7-12)16-15-5-3-2-4-13(15)10-11-17-16;1-2-6-12(7-3-1)15-11-10-13-8-4-5-9-14(13)16-15;14-11-5-7-12(8-6-11)16-13-4-2-1-3-10(13)9-15-16;;;;;/h2-15,17H,1H3;1-3,5-12H;2-8,10-11H,1H3;1-6,8-11H;1-7,9H;;;;;/q5*-1;;;;;. The average molecular weight is 2330 g/mol. The fourth-order valence-corrected chi connectivity index (χ4v) is 12.5. The minimum Gasteiger partial charge on any atom is -0.304 e. The summed E-state index contributed by atoms with van der Waals surface area (Å²) in [5.41, 5.74) is 13.1. The van der Waals surface area contributed by atoms with Crippen LogP contribution in [0.25, 0.3) is 99.4 Å². The molecule has 7 nitrogen and oxygen atoms in total. The number of hydrogen-bond acceptors (Lipinski definition) is 5. The first-order valence-electron chi connectivity index (χ1n) is 33.2. The molecular weight excluding hydrogens is 2270 g/mol. The molecule has 1 atom stereocenters. The van der Waals surface area contributed by atoms with Gasteiger partial charge in [-0.15, -0.1) is 148 Å². The molecule has 1 unspecified atom stereocenters. The van der Waals surface area contributed by atoms with Crippen molar-refractivity contribution < 1.29 is 131 Å². The van der Waals surface area contributed by atoms with Gasteiger partial charge in [-0.3, -0.25) is 19.0 Å². The predicted molar refractivity (Wildman–Crippen MR) is 400 cm³/mol. The van der Waals surface area contributed by atoms with Gasteiger partial charge in [-0.2, -0.15) is 37.5 Å². The van der Waals surface area contributed by atoms with Crippen LogP contribution in [-0.2, 0) is 118 Å². The minimum atomic E-state index is -4.52. The molecule has 1 aliphatic heterocycles. The molecule has 5 radical (unpaired) electrons. The SMILES string of the molecule is CC1(c2ccccc2)C(c2[c-]cc3ccccc3c2)=Nc2ccccc21.Cc1c[c-]c(-c2nccc3ccccc23)cc1.FC(F)(F)c1ccc(-n2nc(-c3[c-]ccc(C(F)(F)F)c3)c3ccccc32)cc1.Fc1c[c-]c(-n2ncc3ccccc32)cc1.[Ir].[Ir].[Ir].[Ir].[Ir].[c-]1ccccc1-c1ccc2ccccc2n1. The number of hydrogen-bond donors (Lipinski definition) is 0. The normalized spacial score (nSPS) is 12.5. The van der Waals surface area contributed by atoms with E-state index in [1.165, 1.54) is 78.6 Å². The van der Waals surface area contributed by atoms with E-state index in [4.69, 9.17) is 4.99 Å². The second-order valence-corrected chi connectivity index (χ2v) is 24.6. The molecule has 553 valence electrons. The Morgan fingerprint density at radius 2 is 1.06 bits per heavy atom. The Hall–Kier alpha value is -9.69. The van der Waals surface area contributed by atoms with Gasteiger partial charge in [-0.05, 0) is 116 Å². The van der Waals surface area contributed by atoms with Crippen LogP contribution in [0.4, 0.5) is 36.4 Å². The first-order chi connectivity index (χ1) is 50.5. The van der Waals surface area contributed by atoms with Gasteiger partial charge >= 0.3 is 12.4 Å². The van der Waals surface area contributed by atoms with Crippen LogP contribution in [0.1, 0.15) is 40.3 Å². The average Bonchev–Trinajstić information content (AvgIpc) is 1.59. The number of alkyl halides is 6. The van der Waals surface area contributed by atoms with E-state index in [2.05, 4.69) is 192 Å². The van der Waals surface area contributed by atoms with Crippen molar-refractivity contribution in [2.24, 2.45) is 4.99 Å². The Bertz CT molecular complexity index is 5900. The third-order valence-electron chi connectivity index (χ3n) is 17.8. The van der Waals surface area contributed by atoms with Gasteiger partial charge in [0, 0.05) is 129 Å². The maximum Gasteiger partial charge on any atom is 0.416 e. The van der Waals surface area contributed by atoms with Gasteiger partial charge in [0.25, 0.3) is 0 Å². The van der Waals surface area contributed by atoms with Gasteiger partial charge in [0.15, 0.2) is 0 Å². The number of nitrogens with zero attached hydrogens (tertiary/aromatic N) is 7. The maximum atomic E-state index is 13.1. The van der Waals surface area contributed by atoms with Crippen molar-refractivity contribution in [2.75, 3.05) is 0 Å². The summed E-state index contributed by atoms with van der Waals surface area (Å²) in [7, 11) is 0. The van der Waals surface area contributed by atoms with E-state index in [0.717, 1.165) is 85.8 Å². The number of halogens is 7. The zero-order valence-electron chi connectivity index (χ0n) is 57.5. The summed E-state index contributed by atoms with van der Waals surface area (Å²) in [4.78, 5) is 14.1. The van der Waals surface area contributed by atoms with Crippen LogP contribution in [0, 0.1) is 43.1 Å². The van der Waals surface area contributed by atoms with Crippen LogP contribution >= 0.6 is 0 Å². The van der Waals surface area contributed by atoms with Crippen LogP contribution in [0.15, 0.2) is 327 Å². The van der Waals surface area contributed by atoms with E-state index in [0.29, 0.717) is 16.6 Å². The monoisotopic (exact) mass is 2340 g/mol. The molecule has 0 spiro atoms. The van der Waals surface area contributed by atoms with Crippen LogP contribution < -0.4 is 0 Å². The minimum absolute atomic E-state index is 0. The summed E-state index contributed by atoms with van der Waals surface area (Å²) in [5.74, 6) is -0.291. The number of aryl methyl sites for hydroxylation is 1. The molecular formula is C90H59F7Ir5N7-5. The van der Waals surface area contributed by atoms with E-state index >= 15 is 0 Å². The van der Waals surface area contributed by atoms with E-state index in [9.17, 15) is 30.7 Å². The number of para-hydroxylation sites is 4. The molecule has 0 aliphatic carbocycles. The number of aromatic nitrogens is 6. The molecule has 4 aromatic heterocycles. The Balaban J connectivity index is 0.000000159. The number of aliphatic imine (C=N–C) groups is 1. The summed E-state index contributed by atoms with van der Waals surface area (Å²) >= 11 is 0. The second kappa shape index (κ2) is 37.1. The van der Waals surface area contributed by atoms with Crippen molar-refractivity contribution in [1.29, 1.82) is 0 Å². The molecule has 1 aliphatic rings. The Kier molecular flexibility index (Phi) is 28.4. The van der Waals surface area contributed by atoms with Crippen molar-refractivity contribution in [2.45, 2.75) is 31.6 Å². The molecule has 0 saturated carbocycles. The summed E-state index contributed by atoms with van der Waals surface area (Å²) in [5, 5.41) is 16.2. The molecule has 0 N–H and O–H groups in total. The molecule has 0 saturated heterocycles. The first-order valence-corrected chi connectivity index (χ1v) is 33.2. The fourth-order valence-electron chi connectivity index (χ4n) is 12.5. The van der Waals surface area contributed by atoms with Crippen molar-refractivity contribution in [1.82, 2.24) is 29.5 Å². The molecule has 19 heteroatoms. The number of rotatable bonds is 7. The van der Waals surface area contributed by atoms with E-state index in [1.54, 1.807) is 41.2 Å². The summed E-state index contributed by atoms with van der Waals surface area (Å²) in [6, 6.07) is 110. The van der Waals surface area contributed by atoms with E-state index < -0.39 is 23.5 Å². The molecule has 13 aromatic carbocycles. The van der Waals surface area contributed by atoms with E-state index in [1.807, 2.05) is 103 Å². The third kappa shape index (κ3) is 19.0. The molecule has 109 heavy (non-hydrogen) atoms. The van der Waals surface area contributed by atoms with Crippen molar-refractivity contribution in [3.05, 3.63) is 391 Å². The zero-order valence-corrected chi connectivity index (χ0v) is 69.5. The Morgan fingerprint density at radius 3 is 1.76 bits per heavy atom. The molecule has 0 fully saturated rings. The topological polar surface area (TPSA) is 73.8 Å². The van der Waals surface area contributed by atoms with E-state index in [-0.39, 0.29) is 123 Å². The van der Waals surface area contributed by atoms with Crippen molar-refractivity contribution in [3.63, 3.8) is 0 Å². The Morgan fingerprint density at radius 1 is 0.422 bits per heavy atom. The quantitative estimate of drug-likeness (QED) is 0.118. The predicted octanol–water partition coefficient (Wildman–Crippen LogP) is 23.3.